The molecule has 2 aromatic carbocycles. The second kappa shape index (κ2) is 7.16. The minimum atomic E-state index is 0.121. The predicted octanol–water partition coefficient (Wildman–Crippen LogP) is 4.67. The third-order valence-corrected chi connectivity index (χ3v) is 4.00. The third-order valence-electron chi connectivity index (χ3n) is 3.29. The van der Waals surface area contributed by atoms with Crippen molar-refractivity contribution >= 4 is 27.5 Å². The smallest absolute Gasteiger partial charge is 0.162 e. The van der Waals surface area contributed by atoms with Gasteiger partial charge in [0.1, 0.15) is 0 Å². The first kappa shape index (κ1) is 16.1. The topological polar surface area (TPSA) is 41.5 Å². The summed E-state index contributed by atoms with van der Waals surface area (Å²) in [6, 6.07) is 11.6. The number of phenols is 1. The first-order valence-electron chi connectivity index (χ1n) is 6.55. The molecular formula is C16H17BrClNO2. The van der Waals surface area contributed by atoms with Crippen LogP contribution >= 0.6 is 27.5 Å². The Morgan fingerprint density at radius 3 is 2.76 bits per heavy atom. The molecule has 3 nitrogen and oxygen atoms in total. The Hall–Kier alpha value is -1.23. The van der Waals surface area contributed by atoms with Crippen molar-refractivity contribution < 1.29 is 9.84 Å². The molecule has 0 fully saturated rings. The summed E-state index contributed by atoms with van der Waals surface area (Å²) in [5, 5.41) is 14.0. The van der Waals surface area contributed by atoms with Crippen LogP contribution in [0.3, 0.4) is 0 Å². The second-order valence-electron chi connectivity index (χ2n) is 4.77. The molecule has 2 N–H and O–H groups in total. The van der Waals surface area contributed by atoms with Crippen LogP contribution in [0.25, 0.3) is 0 Å². The molecule has 0 aromatic heterocycles. The highest BCUT2D eigenvalue weighted by Gasteiger charge is 2.12. The lowest BCUT2D eigenvalue weighted by molar-refractivity contribution is 0.369. The summed E-state index contributed by atoms with van der Waals surface area (Å²) >= 11 is 9.49. The van der Waals surface area contributed by atoms with Crippen LogP contribution in [-0.2, 0) is 6.54 Å². The van der Waals surface area contributed by atoms with Crippen molar-refractivity contribution in [1.82, 2.24) is 5.32 Å². The highest BCUT2D eigenvalue weighted by atomic mass is 79.9. The summed E-state index contributed by atoms with van der Waals surface area (Å²) in [7, 11) is 1.51. The van der Waals surface area contributed by atoms with Crippen LogP contribution in [0.1, 0.15) is 24.1 Å². The van der Waals surface area contributed by atoms with Crippen molar-refractivity contribution in [1.29, 1.82) is 0 Å². The van der Waals surface area contributed by atoms with E-state index in [0.717, 1.165) is 10.0 Å². The van der Waals surface area contributed by atoms with E-state index in [0.29, 0.717) is 22.9 Å². The second-order valence-corrected chi connectivity index (χ2v) is 6.13. The molecule has 0 amide bonds. The number of phenolic OH excluding ortho intramolecular Hbond substituents is 1. The molecule has 1 unspecified atom stereocenters. The average molecular weight is 371 g/mol. The first-order chi connectivity index (χ1) is 10.0. The molecule has 21 heavy (non-hydrogen) atoms. The van der Waals surface area contributed by atoms with Crippen molar-refractivity contribution in [3.8, 4) is 11.5 Å². The molecular weight excluding hydrogens is 354 g/mol. The number of methoxy groups -OCH3 is 1. The zero-order chi connectivity index (χ0) is 15.4. The van der Waals surface area contributed by atoms with E-state index in [2.05, 4.69) is 40.3 Å². The van der Waals surface area contributed by atoms with Crippen LogP contribution < -0.4 is 10.1 Å². The maximum Gasteiger partial charge on any atom is 0.162 e. The van der Waals surface area contributed by atoms with Gasteiger partial charge >= 0.3 is 0 Å². The van der Waals surface area contributed by atoms with Crippen LogP contribution in [0.15, 0.2) is 40.9 Å². The lowest BCUT2D eigenvalue weighted by Crippen LogP contribution is -2.18. The molecule has 0 aliphatic heterocycles. The van der Waals surface area contributed by atoms with E-state index in [1.807, 2.05) is 12.1 Å². The molecule has 0 aliphatic rings. The Morgan fingerprint density at radius 1 is 1.33 bits per heavy atom. The van der Waals surface area contributed by atoms with Crippen molar-refractivity contribution in [2.45, 2.75) is 19.5 Å². The number of halogens is 2. The molecule has 2 rings (SSSR count). The van der Waals surface area contributed by atoms with Gasteiger partial charge in [0, 0.05) is 33.7 Å². The minimum absolute atomic E-state index is 0.121. The van der Waals surface area contributed by atoms with Crippen molar-refractivity contribution in [2.75, 3.05) is 7.11 Å². The van der Waals surface area contributed by atoms with E-state index in [9.17, 15) is 5.11 Å². The number of nitrogens with one attached hydrogen (secondary N) is 1. The van der Waals surface area contributed by atoms with E-state index < -0.39 is 0 Å². The summed E-state index contributed by atoms with van der Waals surface area (Å²) in [5.74, 6) is 0.505. The van der Waals surface area contributed by atoms with Gasteiger partial charge < -0.3 is 15.2 Å². The molecule has 0 heterocycles. The van der Waals surface area contributed by atoms with Crippen LogP contribution in [0.4, 0.5) is 0 Å². The largest absolute Gasteiger partial charge is 0.504 e. The number of hydrogen-bond acceptors (Lipinski definition) is 3. The van der Waals surface area contributed by atoms with Crippen molar-refractivity contribution in [3.05, 3.63) is 57.0 Å². The van der Waals surface area contributed by atoms with Crippen LogP contribution in [-0.4, -0.2) is 12.2 Å². The molecule has 1 atom stereocenters. The summed E-state index contributed by atoms with van der Waals surface area (Å²) in [4.78, 5) is 0. The molecule has 112 valence electrons. The normalized spacial score (nSPS) is 12.2. The number of aromatic hydroxyl groups is 1. The molecule has 0 aliphatic carbocycles. The van der Waals surface area contributed by atoms with Gasteiger partial charge in [0.2, 0.25) is 0 Å². The van der Waals surface area contributed by atoms with Gasteiger partial charge in [-0.1, -0.05) is 39.7 Å². The molecule has 0 saturated heterocycles. The fraction of sp³-hybridized carbons (Fsp3) is 0.250. The summed E-state index contributed by atoms with van der Waals surface area (Å²) in [6.45, 7) is 2.57. The maximum absolute atomic E-state index is 10.1. The Labute approximate surface area is 138 Å². The van der Waals surface area contributed by atoms with Gasteiger partial charge in [0.15, 0.2) is 11.5 Å². The van der Waals surface area contributed by atoms with Crippen LogP contribution in [0.2, 0.25) is 5.02 Å². The Bertz CT molecular complexity index is 634. The van der Waals surface area contributed by atoms with E-state index in [1.54, 1.807) is 12.1 Å². The van der Waals surface area contributed by atoms with Crippen molar-refractivity contribution in [2.24, 2.45) is 0 Å². The van der Waals surface area contributed by atoms with E-state index >= 15 is 0 Å². The van der Waals surface area contributed by atoms with Gasteiger partial charge in [0.25, 0.3) is 0 Å². The highest BCUT2D eigenvalue weighted by molar-refractivity contribution is 9.10. The molecule has 5 heteroatoms. The minimum Gasteiger partial charge on any atom is -0.504 e. The summed E-state index contributed by atoms with van der Waals surface area (Å²) < 4.78 is 6.15. The Morgan fingerprint density at radius 2 is 2.10 bits per heavy atom. The average Bonchev–Trinajstić information content (AvgIpc) is 2.47. The van der Waals surface area contributed by atoms with Gasteiger partial charge in [0.05, 0.1) is 7.11 Å². The predicted molar refractivity (Wildman–Crippen MR) is 89.1 cm³/mol. The number of ether oxygens (including phenoxy) is 1. The lowest BCUT2D eigenvalue weighted by Gasteiger charge is -2.16. The molecule has 0 bridgehead atoms. The third kappa shape index (κ3) is 4.13. The Balaban J connectivity index is 2.11. The SMILES string of the molecule is COc1cc(Cl)cc(CNC(C)c2cccc(Br)c2)c1O. The summed E-state index contributed by atoms with van der Waals surface area (Å²) in [6.07, 6.45) is 0. The van der Waals surface area contributed by atoms with Gasteiger partial charge in [-0.2, -0.15) is 0 Å². The van der Waals surface area contributed by atoms with Crippen molar-refractivity contribution in [3.63, 3.8) is 0 Å². The fourth-order valence-corrected chi connectivity index (χ4v) is 2.72. The maximum atomic E-state index is 10.1. The van der Waals surface area contributed by atoms with Crippen LogP contribution in [0.5, 0.6) is 11.5 Å². The van der Waals surface area contributed by atoms with E-state index in [4.69, 9.17) is 16.3 Å². The monoisotopic (exact) mass is 369 g/mol. The van der Waals surface area contributed by atoms with Gasteiger partial charge in [-0.25, -0.2) is 0 Å². The lowest BCUT2D eigenvalue weighted by atomic mass is 10.1. The summed E-state index contributed by atoms with van der Waals surface area (Å²) in [5.41, 5.74) is 1.87. The number of benzene rings is 2. The standard InChI is InChI=1S/C16H17BrClNO2/c1-10(11-4-3-5-13(17)6-11)19-9-12-7-14(18)8-15(21-2)16(12)20/h3-8,10,19-20H,9H2,1-2H3. The quantitative estimate of drug-likeness (QED) is 0.804. The molecule has 0 saturated carbocycles. The van der Waals surface area contributed by atoms with Gasteiger partial charge in [-0.15, -0.1) is 0 Å². The van der Waals surface area contributed by atoms with E-state index in [1.165, 1.54) is 7.11 Å². The molecule has 0 spiro atoms. The fourth-order valence-electron chi connectivity index (χ4n) is 2.08. The highest BCUT2D eigenvalue weighted by Crippen LogP contribution is 2.33. The zero-order valence-corrected chi connectivity index (χ0v) is 14.2. The number of rotatable bonds is 5. The van der Waals surface area contributed by atoms with Gasteiger partial charge in [-0.05, 0) is 30.7 Å². The molecule has 0 radical (unpaired) electrons. The molecule has 2 aromatic rings. The first-order valence-corrected chi connectivity index (χ1v) is 7.72. The Kier molecular flexibility index (Phi) is 5.51. The number of hydrogen-bond donors (Lipinski definition) is 2. The van der Waals surface area contributed by atoms with Crippen LogP contribution in [0, 0.1) is 0 Å². The van der Waals surface area contributed by atoms with Gasteiger partial charge in [-0.3, -0.25) is 0 Å². The van der Waals surface area contributed by atoms with E-state index in [-0.39, 0.29) is 11.8 Å². The zero-order valence-electron chi connectivity index (χ0n) is 11.9.